The highest BCUT2D eigenvalue weighted by Gasteiger charge is 2.24. The number of nitrogens with one attached hydrogen (secondary N) is 1. The first-order valence-electron chi connectivity index (χ1n) is 7.58. The normalized spacial score (nSPS) is 14.1. The van der Waals surface area contributed by atoms with Crippen molar-refractivity contribution in [2.45, 2.75) is 39.2 Å². The fourth-order valence-electron chi connectivity index (χ4n) is 2.42. The molecule has 4 nitrogen and oxygen atoms in total. The number of benzene rings is 1. The smallest absolute Gasteiger partial charge is 0.225 e. The number of carbonyl (C=O) groups is 1. The molecule has 1 aliphatic carbocycles. The first-order valence-corrected chi connectivity index (χ1v) is 7.58. The topological polar surface area (TPSA) is 46.9 Å². The lowest BCUT2D eigenvalue weighted by Gasteiger charge is -2.10. The molecule has 1 aromatic heterocycles. The summed E-state index contributed by atoms with van der Waals surface area (Å²) in [6.45, 7) is 2.91. The Kier molecular flexibility index (Phi) is 4.04. The minimum Gasteiger partial charge on any atom is -0.311 e. The van der Waals surface area contributed by atoms with E-state index in [4.69, 9.17) is 0 Å². The largest absolute Gasteiger partial charge is 0.311 e. The predicted molar refractivity (Wildman–Crippen MR) is 83.1 cm³/mol. The second kappa shape index (κ2) is 6.12. The Morgan fingerprint density at radius 2 is 2.10 bits per heavy atom. The van der Waals surface area contributed by atoms with E-state index in [1.54, 1.807) is 0 Å². The molecule has 0 unspecified atom stereocenters. The van der Waals surface area contributed by atoms with Gasteiger partial charge in [-0.2, -0.15) is 5.10 Å². The van der Waals surface area contributed by atoms with E-state index in [9.17, 15) is 4.79 Å². The van der Waals surface area contributed by atoms with Crippen molar-refractivity contribution >= 4 is 11.7 Å². The zero-order valence-electron chi connectivity index (χ0n) is 12.4. The van der Waals surface area contributed by atoms with Crippen molar-refractivity contribution in [3.05, 3.63) is 47.7 Å². The Bertz CT molecular complexity index is 614. The molecule has 0 saturated heterocycles. The van der Waals surface area contributed by atoms with Crippen LogP contribution < -0.4 is 5.32 Å². The van der Waals surface area contributed by atoms with E-state index in [-0.39, 0.29) is 5.91 Å². The molecule has 110 valence electrons. The van der Waals surface area contributed by atoms with E-state index in [2.05, 4.69) is 22.5 Å². The molecule has 1 amide bonds. The standard InChI is InChI=1S/C17H21N3O/c1-13-11-18-20(12-15-7-8-15)17(13)19-16(21)10-9-14-5-3-2-4-6-14/h2-6,11,15H,7-10,12H2,1H3,(H,19,21). The van der Waals surface area contributed by atoms with Crippen LogP contribution >= 0.6 is 0 Å². The van der Waals surface area contributed by atoms with Crippen LogP contribution in [0.1, 0.15) is 30.4 Å². The van der Waals surface area contributed by atoms with Crippen molar-refractivity contribution in [3.8, 4) is 0 Å². The third-order valence-corrected chi connectivity index (χ3v) is 3.89. The number of hydrogen-bond donors (Lipinski definition) is 1. The number of anilines is 1. The van der Waals surface area contributed by atoms with Crippen LogP contribution in [0, 0.1) is 12.8 Å². The van der Waals surface area contributed by atoms with Crippen LogP contribution in [0.25, 0.3) is 0 Å². The highest BCUT2D eigenvalue weighted by atomic mass is 16.1. The first-order chi connectivity index (χ1) is 10.2. The second-order valence-corrected chi connectivity index (χ2v) is 5.84. The lowest BCUT2D eigenvalue weighted by molar-refractivity contribution is -0.116. The summed E-state index contributed by atoms with van der Waals surface area (Å²) in [5.41, 5.74) is 2.22. The number of aryl methyl sites for hydroxylation is 2. The summed E-state index contributed by atoms with van der Waals surface area (Å²) in [6.07, 6.45) is 5.65. The fourth-order valence-corrected chi connectivity index (χ4v) is 2.42. The van der Waals surface area contributed by atoms with Crippen LogP contribution in [0.4, 0.5) is 5.82 Å². The van der Waals surface area contributed by atoms with Gasteiger partial charge in [-0.05, 0) is 37.7 Å². The quantitative estimate of drug-likeness (QED) is 0.885. The molecule has 0 radical (unpaired) electrons. The third kappa shape index (κ3) is 3.72. The zero-order valence-corrected chi connectivity index (χ0v) is 12.4. The Hall–Kier alpha value is -2.10. The molecule has 0 bridgehead atoms. The van der Waals surface area contributed by atoms with Gasteiger partial charge in [0.2, 0.25) is 5.91 Å². The second-order valence-electron chi connectivity index (χ2n) is 5.84. The van der Waals surface area contributed by atoms with E-state index in [0.717, 1.165) is 30.3 Å². The van der Waals surface area contributed by atoms with Gasteiger partial charge in [-0.3, -0.25) is 4.79 Å². The third-order valence-electron chi connectivity index (χ3n) is 3.89. The van der Waals surface area contributed by atoms with E-state index >= 15 is 0 Å². The molecule has 3 rings (SSSR count). The molecule has 21 heavy (non-hydrogen) atoms. The molecule has 1 heterocycles. The molecule has 1 N–H and O–H groups in total. The fraction of sp³-hybridized carbons (Fsp3) is 0.412. The van der Waals surface area contributed by atoms with E-state index in [1.807, 2.05) is 36.0 Å². The molecular weight excluding hydrogens is 262 g/mol. The molecule has 1 aliphatic rings. The Morgan fingerprint density at radius 3 is 2.81 bits per heavy atom. The van der Waals surface area contributed by atoms with Gasteiger partial charge in [-0.15, -0.1) is 0 Å². The highest BCUT2D eigenvalue weighted by Crippen LogP contribution is 2.31. The minimum atomic E-state index is 0.0551. The van der Waals surface area contributed by atoms with Crippen molar-refractivity contribution in [1.29, 1.82) is 0 Å². The van der Waals surface area contributed by atoms with Crippen LogP contribution in [-0.4, -0.2) is 15.7 Å². The minimum absolute atomic E-state index is 0.0551. The number of amides is 1. The summed E-state index contributed by atoms with van der Waals surface area (Å²) in [6, 6.07) is 10.1. The van der Waals surface area contributed by atoms with Gasteiger partial charge in [-0.25, -0.2) is 4.68 Å². The molecule has 2 aromatic rings. The van der Waals surface area contributed by atoms with E-state index < -0.39 is 0 Å². The van der Waals surface area contributed by atoms with Crippen LogP contribution in [0.2, 0.25) is 0 Å². The molecule has 0 atom stereocenters. The summed E-state index contributed by atoms with van der Waals surface area (Å²) in [7, 11) is 0. The van der Waals surface area contributed by atoms with Gasteiger partial charge in [0.25, 0.3) is 0 Å². The summed E-state index contributed by atoms with van der Waals surface area (Å²) in [5.74, 6) is 1.66. The number of rotatable bonds is 6. The van der Waals surface area contributed by atoms with Gasteiger partial charge >= 0.3 is 0 Å². The van der Waals surface area contributed by atoms with Crippen molar-refractivity contribution in [3.63, 3.8) is 0 Å². The molecule has 1 fully saturated rings. The van der Waals surface area contributed by atoms with Gasteiger partial charge < -0.3 is 5.32 Å². The predicted octanol–water partition coefficient (Wildman–Crippen LogP) is 3.17. The monoisotopic (exact) mass is 283 g/mol. The van der Waals surface area contributed by atoms with Gasteiger partial charge in [-0.1, -0.05) is 30.3 Å². The number of hydrogen-bond acceptors (Lipinski definition) is 2. The van der Waals surface area contributed by atoms with E-state index in [1.165, 1.54) is 18.4 Å². The van der Waals surface area contributed by atoms with Gasteiger partial charge in [0, 0.05) is 18.5 Å². The van der Waals surface area contributed by atoms with Crippen molar-refractivity contribution in [1.82, 2.24) is 9.78 Å². The number of aromatic nitrogens is 2. The van der Waals surface area contributed by atoms with Crippen LogP contribution in [0.5, 0.6) is 0 Å². The summed E-state index contributed by atoms with van der Waals surface area (Å²) in [5, 5.41) is 7.39. The highest BCUT2D eigenvalue weighted by molar-refractivity contribution is 5.90. The van der Waals surface area contributed by atoms with Gasteiger partial charge in [0.05, 0.1) is 6.20 Å². The summed E-state index contributed by atoms with van der Waals surface area (Å²) < 4.78 is 1.94. The molecule has 0 spiro atoms. The van der Waals surface area contributed by atoms with Gasteiger partial charge in [0.15, 0.2) is 0 Å². The van der Waals surface area contributed by atoms with Crippen molar-refractivity contribution in [2.24, 2.45) is 5.92 Å². The van der Waals surface area contributed by atoms with Crippen molar-refractivity contribution in [2.75, 3.05) is 5.32 Å². The molecular formula is C17H21N3O. The lowest BCUT2D eigenvalue weighted by Crippen LogP contribution is -2.17. The SMILES string of the molecule is Cc1cnn(CC2CC2)c1NC(=O)CCc1ccccc1. The number of carbonyl (C=O) groups excluding carboxylic acids is 1. The summed E-state index contributed by atoms with van der Waals surface area (Å²) >= 11 is 0. The molecule has 1 aromatic carbocycles. The zero-order chi connectivity index (χ0) is 14.7. The van der Waals surface area contributed by atoms with Crippen molar-refractivity contribution < 1.29 is 4.79 Å². The first kappa shape index (κ1) is 13.9. The average Bonchev–Trinajstić information content (AvgIpc) is 3.26. The Balaban J connectivity index is 1.58. The maximum Gasteiger partial charge on any atom is 0.225 e. The van der Waals surface area contributed by atoms with Crippen LogP contribution in [0.3, 0.4) is 0 Å². The molecule has 0 aliphatic heterocycles. The Morgan fingerprint density at radius 1 is 1.33 bits per heavy atom. The summed E-state index contributed by atoms with van der Waals surface area (Å²) in [4.78, 5) is 12.1. The molecule has 1 saturated carbocycles. The van der Waals surface area contributed by atoms with Crippen LogP contribution in [-0.2, 0) is 17.8 Å². The van der Waals surface area contributed by atoms with E-state index in [0.29, 0.717) is 6.42 Å². The average molecular weight is 283 g/mol. The number of nitrogens with zero attached hydrogens (tertiary/aromatic N) is 2. The lowest BCUT2D eigenvalue weighted by atomic mass is 10.1. The maximum atomic E-state index is 12.1. The Labute approximate surface area is 125 Å². The molecule has 4 heteroatoms. The van der Waals surface area contributed by atoms with Gasteiger partial charge in [0.1, 0.15) is 5.82 Å². The van der Waals surface area contributed by atoms with Crippen LogP contribution in [0.15, 0.2) is 36.5 Å². The maximum absolute atomic E-state index is 12.1.